The summed E-state index contributed by atoms with van der Waals surface area (Å²) in [5, 5.41) is 0. The molecule has 3 rings (SSSR count). The number of piperazine rings is 1. The number of unbranched alkanes of at least 4 members (excludes halogenated alkanes) is 2. The molecular formula is C39H57FN2O. The van der Waals surface area contributed by atoms with E-state index in [4.69, 9.17) is 0 Å². The molecule has 2 aliphatic rings. The van der Waals surface area contributed by atoms with Crippen molar-refractivity contribution in [1.82, 2.24) is 9.80 Å². The van der Waals surface area contributed by atoms with Crippen molar-refractivity contribution in [3.8, 4) is 0 Å². The second-order valence-corrected chi connectivity index (χ2v) is 12.9. The third kappa shape index (κ3) is 10.2. The van der Waals surface area contributed by atoms with Crippen molar-refractivity contribution >= 4 is 11.5 Å². The van der Waals surface area contributed by atoms with E-state index >= 15 is 0 Å². The molecule has 1 aliphatic heterocycles. The number of allylic oxidation sites excluding steroid dienone is 12. The summed E-state index contributed by atoms with van der Waals surface area (Å²) in [6.07, 6.45) is 20.7. The molecule has 1 aromatic carbocycles. The van der Waals surface area contributed by atoms with E-state index < -0.39 is 5.41 Å². The molecule has 236 valence electrons. The van der Waals surface area contributed by atoms with Gasteiger partial charge in [0, 0.05) is 41.9 Å². The molecule has 1 saturated heterocycles. The number of nitrogens with zero attached hydrogens (tertiary/aromatic N) is 2. The summed E-state index contributed by atoms with van der Waals surface area (Å²) in [5.74, 6) is -0.0103. The predicted octanol–water partition coefficient (Wildman–Crippen LogP) is 10.4. The zero-order chi connectivity index (χ0) is 32.2. The minimum Gasteiger partial charge on any atom is -0.368 e. The highest BCUT2D eigenvalue weighted by Gasteiger charge is 2.37. The maximum absolute atomic E-state index is 14.1. The summed E-state index contributed by atoms with van der Waals surface area (Å²) in [5.41, 5.74) is 6.45. The smallest absolute Gasteiger partial charge is 0.228 e. The number of amides is 1. The number of carbonyl (C=O) groups excluding carboxylic acids is 1. The van der Waals surface area contributed by atoms with Gasteiger partial charge in [0.05, 0.1) is 0 Å². The number of halogens is 1. The van der Waals surface area contributed by atoms with Gasteiger partial charge < -0.3 is 9.80 Å². The fraction of sp³-hybridized carbons (Fsp3) is 0.513. The zero-order valence-corrected chi connectivity index (χ0v) is 28.6. The molecule has 1 fully saturated rings. The van der Waals surface area contributed by atoms with Crippen molar-refractivity contribution in [3.05, 3.63) is 101 Å². The molecule has 0 saturated carbocycles. The van der Waals surface area contributed by atoms with Crippen molar-refractivity contribution in [2.75, 3.05) is 13.1 Å². The van der Waals surface area contributed by atoms with E-state index in [0.717, 1.165) is 36.1 Å². The van der Waals surface area contributed by atoms with Crippen LogP contribution in [0.25, 0.3) is 5.57 Å². The normalized spacial score (nSPS) is 21.9. The van der Waals surface area contributed by atoms with E-state index in [9.17, 15) is 9.18 Å². The lowest BCUT2D eigenvalue weighted by atomic mass is 9.89. The molecule has 0 spiro atoms. The molecule has 0 bridgehead atoms. The van der Waals surface area contributed by atoms with Gasteiger partial charge in [-0.3, -0.25) is 4.79 Å². The lowest BCUT2D eigenvalue weighted by Gasteiger charge is -2.48. The van der Waals surface area contributed by atoms with Crippen LogP contribution in [0.15, 0.2) is 89.2 Å². The molecule has 0 radical (unpaired) electrons. The van der Waals surface area contributed by atoms with Gasteiger partial charge in [-0.15, -0.1) is 0 Å². The van der Waals surface area contributed by atoms with Crippen molar-refractivity contribution in [2.24, 2.45) is 5.41 Å². The minimum absolute atomic E-state index is 0.116. The second kappa shape index (κ2) is 17.2. The Balaban J connectivity index is 0.00000119. The van der Waals surface area contributed by atoms with Gasteiger partial charge in [-0.25, -0.2) is 4.39 Å². The SMILES string of the molecule is C/C=C\C/C=C1/CC(c2cccc(F)c2)=CC=C(/C=C\C)/C1=C(/C)N1C[C@@H](C)N(C(=O)C(C)(C)C)C[C@@H]1C.CCCCC. The van der Waals surface area contributed by atoms with Gasteiger partial charge >= 0.3 is 0 Å². The Morgan fingerprint density at radius 1 is 1.00 bits per heavy atom. The van der Waals surface area contributed by atoms with Gasteiger partial charge in [0.2, 0.25) is 5.91 Å². The average Bonchev–Trinajstić information content (AvgIpc) is 3.13. The fourth-order valence-electron chi connectivity index (χ4n) is 5.78. The van der Waals surface area contributed by atoms with Crippen LogP contribution in [-0.4, -0.2) is 40.9 Å². The van der Waals surface area contributed by atoms with Gasteiger partial charge in [-0.05, 0) is 81.9 Å². The molecule has 1 amide bonds. The first-order valence-corrected chi connectivity index (χ1v) is 16.3. The van der Waals surface area contributed by atoms with Crippen LogP contribution < -0.4 is 0 Å². The molecule has 0 unspecified atom stereocenters. The van der Waals surface area contributed by atoms with Crippen LogP contribution >= 0.6 is 0 Å². The quantitative estimate of drug-likeness (QED) is 0.296. The zero-order valence-electron chi connectivity index (χ0n) is 28.6. The van der Waals surface area contributed by atoms with E-state index in [-0.39, 0.29) is 23.8 Å². The van der Waals surface area contributed by atoms with Gasteiger partial charge in [0.1, 0.15) is 5.82 Å². The largest absolute Gasteiger partial charge is 0.368 e. The van der Waals surface area contributed by atoms with Crippen LogP contribution in [0.4, 0.5) is 4.39 Å². The van der Waals surface area contributed by atoms with Crippen molar-refractivity contribution in [2.45, 2.75) is 113 Å². The minimum atomic E-state index is -0.394. The molecule has 1 aromatic rings. The highest BCUT2D eigenvalue weighted by Crippen LogP contribution is 2.38. The van der Waals surface area contributed by atoms with Crippen LogP contribution in [0.1, 0.15) is 107 Å². The lowest BCUT2D eigenvalue weighted by molar-refractivity contribution is -0.145. The molecule has 4 heteroatoms. The maximum Gasteiger partial charge on any atom is 0.228 e. The van der Waals surface area contributed by atoms with Crippen molar-refractivity contribution < 1.29 is 9.18 Å². The molecule has 2 atom stereocenters. The van der Waals surface area contributed by atoms with Crippen LogP contribution in [0.3, 0.4) is 0 Å². The first-order chi connectivity index (χ1) is 20.4. The highest BCUT2D eigenvalue weighted by molar-refractivity contribution is 5.82. The predicted molar refractivity (Wildman–Crippen MR) is 184 cm³/mol. The summed E-state index contributed by atoms with van der Waals surface area (Å²) < 4.78 is 14.1. The summed E-state index contributed by atoms with van der Waals surface area (Å²) in [7, 11) is 0. The van der Waals surface area contributed by atoms with Gasteiger partial charge in [-0.1, -0.05) is 109 Å². The van der Waals surface area contributed by atoms with E-state index in [1.165, 1.54) is 42.2 Å². The Kier molecular flexibility index (Phi) is 14.4. The van der Waals surface area contributed by atoms with Crippen LogP contribution in [0.2, 0.25) is 0 Å². The Morgan fingerprint density at radius 2 is 1.65 bits per heavy atom. The monoisotopic (exact) mass is 588 g/mol. The number of carbonyl (C=O) groups is 1. The lowest BCUT2D eigenvalue weighted by Crippen LogP contribution is -2.59. The number of hydrogen-bond acceptors (Lipinski definition) is 2. The molecule has 0 aromatic heterocycles. The van der Waals surface area contributed by atoms with Crippen molar-refractivity contribution in [3.63, 3.8) is 0 Å². The van der Waals surface area contributed by atoms with Gasteiger partial charge in [0.15, 0.2) is 0 Å². The Bertz CT molecular complexity index is 1250. The van der Waals surface area contributed by atoms with Gasteiger partial charge in [-0.2, -0.15) is 0 Å². The molecule has 1 aliphatic carbocycles. The standard InChI is InChI=1S/C34H45FN2O.C5H12/c1-9-11-12-15-30-20-29(28-16-13-17-31(35)21-28)19-18-27(14-10-2)32(30)26(5)36-22-25(4)37(23-24(36)3)33(38)34(6,7)8;1-3-5-4-2/h9-11,13-19,21,24-25H,12,20,22-23H2,1-8H3;3-5H2,1-2H3/b11-9-,14-10-,30-15-,32-26+;/t24-,25+;/m0./s1. The molecule has 1 heterocycles. The topological polar surface area (TPSA) is 23.6 Å². The fourth-order valence-corrected chi connectivity index (χ4v) is 5.78. The maximum atomic E-state index is 14.1. The van der Waals surface area contributed by atoms with Crippen LogP contribution in [-0.2, 0) is 4.79 Å². The third-order valence-corrected chi connectivity index (χ3v) is 8.12. The molecule has 43 heavy (non-hydrogen) atoms. The molecular weight excluding hydrogens is 531 g/mol. The summed E-state index contributed by atoms with van der Waals surface area (Å²) in [4.78, 5) is 17.7. The Labute approximate surface area is 262 Å². The number of rotatable bonds is 7. The summed E-state index contributed by atoms with van der Waals surface area (Å²) in [6, 6.07) is 7.18. The number of hydrogen-bond donors (Lipinski definition) is 0. The average molecular weight is 589 g/mol. The summed E-state index contributed by atoms with van der Waals surface area (Å²) in [6.45, 7) is 22.6. The van der Waals surface area contributed by atoms with E-state index in [0.29, 0.717) is 6.54 Å². The number of benzene rings is 1. The Morgan fingerprint density at radius 3 is 2.21 bits per heavy atom. The van der Waals surface area contributed by atoms with Crippen LogP contribution in [0, 0.1) is 11.2 Å². The van der Waals surface area contributed by atoms with E-state index in [1.54, 1.807) is 12.1 Å². The van der Waals surface area contributed by atoms with Gasteiger partial charge in [0.25, 0.3) is 0 Å². The summed E-state index contributed by atoms with van der Waals surface area (Å²) >= 11 is 0. The van der Waals surface area contributed by atoms with Crippen LogP contribution in [0.5, 0.6) is 0 Å². The molecule has 0 N–H and O–H groups in total. The third-order valence-electron chi connectivity index (χ3n) is 8.12. The molecule has 3 nitrogen and oxygen atoms in total. The Hall–Kier alpha value is -3.14. The van der Waals surface area contributed by atoms with E-state index in [2.05, 4.69) is 87.0 Å². The van der Waals surface area contributed by atoms with E-state index in [1.807, 2.05) is 40.7 Å². The highest BCUT2D eigenvalue weighted by atomic mass is 19.1. The first kappa shape index (κ1) is 36.1. The van der Waals surface area contributed by atoms with Crippen molar-refractivity contribution in [1.29, 1.82) is 0 Å². The second-order valence-electron chi connectivity index (χ2n) is 12.9. The first-order valence-electron chi connectivity index (χ1n) is 16.3.